The molecular formula is C18H33NO2. The van der Waals surface area contributed by atoms with Crippen LogP contribution in [0.15, 0.2) is 24.3 Å². The lowest BCUT2D eigenvalue weighted by Crippen LogP contribution is -2.34. The maximum Gasteiger partial charge on any atom is 0.410 e. The molecule has 0 fully saturated rings. The van der Waals surface area contributed by atoms with Crippen molar-refractivity contribution in [1.29, 1.82) is 0 Å². The predicted molar refractivity (Wildman–Crippen MR) is 90.5 cm³/mol. The second-order valence-electron chi connectivity index (χ2n) is 6.42. The molecule has 0 aromatic heterocycles. The van der Waals surface area contributed by atoms with Gasteiger partial charge in [0.15, 0.2) is 0 Å². The van der Waals surface area contributed by atoms with Crippen LogP contribution in [-0.4, -0.2) is 30.2 Å². The molecule has 21 heavy (non-hydrogen) atoms. The largest absolute Gasteiger partial charge is 0.444 e. The number of amides is 1. The summed E-state index contributed by atoms with van der Waals surface area (Å²) in [6, 6.07) is 0. The van der Waals surface area contributed by atoms with Crippen molar-refractivity contribution in [2.24, 2.45) is 0 Å². The Labute approximate surface area is 131 Å². The fourth-order valence-corrected chi connectivity index (χ4v) is 1.75. The lowest BCUT2D eigenvalue weighted by atomic mass is 10.1. The SMILES string of the molecule is CCCCCCC/C=C/C=C/CN(C)C(=O)OC(C)(C)C. The van der Waals surface area contributed by atoms with E-state index in [0.29, 0.717) is 6.54 Å². The van der Waals surface area contributed by atoms with Gasteiger partial charge in [0.25, 0.3) is 0 Å². The molecule has 0 rings (SSSR count). The fraction of sp³-hybridized carbons (Fsp3) is 0.722. The second kappa shape index (κ2) is 11.4. The second-order valence-corrected chi connectivity index (χ2v) is 6.42. The van der Waals surface area contributed by atoms with Gasteiger partial charge in [-0.15, -0.1) is 0 Å². The molecule has 0 aliphatic carbocycles. The number of carbonyl (C=O) groups is 1. The van der Waals surface area contributed by atoms with Crippen molar-refractivity contribution in [3.8, 4) is 0 Å². The van der Waals surface area contributed by atoms with Gasteiger partial charge in [-0.2, -0.15) is 0 Å². The van der Waals surface area contributed by atoms with Gasteiger partial charge in [0, 0.05) is 13.6 Å². The average molecular weight is 295 g/mol. The van der Waals surface area contributed by atoms with E-state index < -0.39 is 5.60 Å². The van der Waals surface area contributed by atoms with Crippen LogP contribution in [0.2, 0.25) is 0 Å². The zero-order valence-electron chi connectivity index (χ0n) is 14.5. The Bertz CT molecular complexity index is 327. The highest BCUT2D eigenvalue weighted by atomic mass is 16.6. The van der Waals surface area contributed by atoms with Gasteiger partial charge >= 0.3 is 6.09 Å². The van der Waals surface area contributed by atoms with Crippen LogP contribution in [0.4, 0.5) is 4.79 Å². The lowest BCUT2D eigenvalue weighted by Gasteiger charge is -2.23. The molecule has 0 aliphatic heterocycles. The van der Waals surface area contributed by atoms with Gasteiger partial charge < -0.3 is 9.64 Å². The summed E-state index contributed by atoms with van der Waals surface area (Å²) in [4.78, 5) is 13.3. The number of ether oxygens (including phenoxy) is 1. The number of rotatable bonds is 9. The van der Waals surface area contributed by atoms with E-state index >= 15 is 0 Å². The molecule has 0 aromatic carbocycles. The third kappa shape index (κ3) is 13.5. The van der Waals surface area contributed by atoms with Crippen LogP contribution in [0.1, 0.15) is 66.2 Å². The van der Waals surface area contributed by atoms with Crippen molar-refractivity contribution in [1.82, 2.24) is 4.90 Å². The van der Waals surface area contributed by atoms with E-state index in [0.717, 1.165) is 6.42 Å². The van der Waals surface area contributed by atoms with E-state index in [1.54, 1.807) is 11.9 Å². The molecule has 3 nitrogen and oxygen atoms in total. The van der Waals surface area contributed by atoms with Gasteiger partial charge in [-0.3, -0.25) is 0 Å². The van der Waals surface area contributed by atoms with Gasteiger partial charge in [0.1, 0.15) is 5.60 Å². The quantitative estimate of drug-likeness (QED) is 0.425. The summed E-state index contributed by atoms with van der Waals surface area (Å²) in [6.07, 6.45) is 15.6. The van der Waals surface area contributed by atoms with Crippen molar-refractivity contribution in [2.45, 2.75) is 71.8 Å². The Kier molecular flexibility index (Phi) is 10.7. The van der Waals surface area contributed by atoms with E-state index in [9.17, 15) is 4.79 Å². The molecule has 0 bridgehead atoms. The Morgan fingerprint density at radius 2 is 1.67 bits per heavy atom. The maximum atomic E-state index is 11.7. The van der Waals surface area contributed by atoms with Crippen molar-refractivity contribution < 1.29 is 9.53 Å². The van der Waals surface area contributed by atoms with Gasteiger partial charge in [0.2, 0.25) is 0 Å². The molecule has 0 radical (unpaired) electrons. The summed E-state index contributed by atoms with van der Waals surface area (Å²) in [5, 5.41) is 0. The van der Waals surface area contributed by atoms with Crippen molar-refractivity contribution in [3.63, 3.8) is 0 Å². The van der Waals surface area contributed by atoms with E-state index in [1.807, 2.05) is 32.9 Å². The highest BCUT2D eigenvalue weighted by Gasteiger charge is 2.18. The molecule has 122 valence electrons. The smallest absolute Gasteiger partial charge is 0.410 e. The number of hydrogen-bond acceptors (Lipinski definition) is 2. The summed E-state index contributed by atoms with van der Waals surface area (Å²) in [5.74, 6) is 0. The summed E-state index contributed by atoms with van der Waals surface area (Å²) in [7, 11) is 1.75. The molecule has 0 unspecified atom stereocenters. The lowest BCUT2D eigenvalue weighted by molar-refractivity contribution is 0.0318. The van der Waals surface area contributed by atoms with Crippen LogP contribution in [0.3, 0.4) is 0 Å². The average Bonchev–Trinajstić information content (AvgIpc) is 2.38. The molecule has 0 aliphatic rings. The number of unbranched alkanes of at least 4 members (excludes halogenated alkanes) is 5. The van der Waals surface area contributed by atoms with Crippen molar-refractivity contribution in [3.05, 3.63) is 24.3 Å². The summed E-state index contributed by atoms with van der Waals surface area (Å²) in [5.41, 5.74) is -0.438. The molecule has 0 heterocycles. The van der Waals surface area contributed by atoms with Gasteiger partial charge in [0.05, 0.1) is 0 Å². The van der Waals surface area contributed by atoms with Gasteiger partial charge in [-0.1, -0.05) is 56.9 Å². The minimum Gasteiger partial charge on any atom is -0.444 e. The molecule has 0 N–H and O–H groups in total. The number of likely N-dealkylation sites (N-methyl/N-ethyl adjacent to an activating group) is 1. The Balaban J connectivity index is 3.73. The van der Waals surface area contributed by atoms with Crippen LogP contribution < -0.4 is 0 Å². The number of hydrogen-bond donors (Lipinski definition) is 0. The predicted octanol–water partition coefficient (Wildman–Crippen LogP) is 5.33. The van der Waals surface area contributed by atoms with Crippen LogP contribution in [0.25, 0.3) is 0 Å². The summed E-state index contributed by atoms with van der Waals surface area (Å²) < 4.78 is 5.28. The van der Waals surface area contributed by atoms with Crippen LogP contribution in [-0.2, 0) is 4.74 Å². The molecule has 0 aromatic rings. The highest BCUT2D eigenvalue weighted by molar-refractivity contribution is 5.67. The van der Waals surface area contributed by atoms with Crippen molar-refractivity contribution >= 4 is 6.09 Å². The van der Waals surface area contributed by atoms with Gasteiger partial charge in [-0.05, 0) is 33.6 Å². The zero-order valence-corrected chi connectivity index (χ0v) is 14.5. The molecule has 0 atom stereocenters. The fourth-order valence-electron chi connectivity index (χ4n) is 1.75. The molecule has 0 saturated carbocycles. The van der Waals surface area contributed by atoms with E-state index in [2.05, 4.69) is 19.1 Å². The molecule has 0 saturated heterocycles. The Morgan fingerprint density at radius 3 is 2.29 bits per heavy atom. The standard InChI is InChI=1S/C18H33NO2/c1-6-7-8-9-10-11-12-13-14-15-16-19(5)17(20)21-18(2,3)4/h12-15H,6-11,16H2,1-5H3/b13-12+,15-14+. The first-order valence-electron chi connectivity index (χ1n) is 8.12. The Hall–Kier alpha value is -1.25. The van der Waals surface area contributed by atoms with E-state index in [4.69, 9.17) is 4.74 Å². The van der Waals surface area contributed by atoms with Crippen LogP contribution in [0.5, 0.6) is 0 Å². The summed E-state index contributed by atoms with van der Waals surface area (Å²) >= 11 is 0. The molecule has 3 heteroatoms. The third-order valence-electron chi connectivity index (χ3n) is 2.94. The van der Waals surface area contributed by atoms with E-state index in [-0.39, 0.29) is 6.09 Å². The monoisotopic (exact) mass is 295 g/mol. The molecular weight excluding hydrogens is 262 g/mol. The van der Waals surface area contributed by atoms with E-state index in [1.165, 1.54) is 32.1 Å². The zero-order chi connectivity index (χ0) is 16.1. The van der Waals surface area contributed by atoms with Crippen LogP contribution in [0, 0.1) is 0 Å². The normalized spacial score (nSPS) is 12.2. The topological polar surface area (TPSA) is 29.5 Å². The number of carbonyl (C=O) groups excluding carboxylic acids is 1. The first-order valence-corrected chi connectivity index (χ1v) is 8.12. The highest BCUT2D eigenvalue weighted by Crippen LogP contribution is 2.09. The number of nitrogens with zero attached hydrogens (tertiary/aromatic N) is 1. The van der Waals surface area contributed by atoms with Crippen molar-refractivity contribution in [2.75, 3.05) is 13.6 Å². The van der Waals surface area contributed by atoms with Gasteiger partial charge in [-0.25, -0.2) is 4.79 Å². The maximum absolute atomic E-state index is 11.7. The minimum absolute atomic E-state index is 0.285. The summed E-state index contributed by atoms with van der Waals surface area (Å²) in [6.45, 7) is 8.42. The first-order chi connectivity index (χ1) is 9.87. The van der Waals surface area contributed by atoms with Crippen LogP contribution >= 0.6 is 0 Å². The molecule has 0 spiro atoms. The first kappa shape index (κ1) is 19.8. The number of allylic oxidation sites excluding steroid dienone is 3. The minimum atomic E-state index is -0.438. The molecule has 1 amide bonds. The Morgan fingerprint density at radius 1 is 1.05 bits per heavy atom. The third-order valence-corrected chi connectivity index (χ3v) is 2.94.